The molecular formula is C14H23N5O2. The van der Waals surface area contributed by atoms with Crippen LogP contribution in [0.25, 0.3) is 0 Å². The van der Waals surface area contributed by atoms with E-state index in [1.807, 2.05) is 32.1 Å². The number of hydrogen-bond acceptors (Lipinski definition) is 5. The molecule has 21 heavy (non-hydrogen) atoms. The monoisotopic (exact) mass is 293 g/mol. The van der Waals surface area contributed by atoms with Crippen molar-refractivity contribution in [2.75, 3.05) is 24.3 Å². The van der Waals surface area contributed by atoms with Crippen molar-refractivity contribution < 1.29 is 9.90 Å². The smallest absolute Gasteiger partial charge is 0.404 e. The standard InChI is InChI=1S/C14H23N5O2/c1-9-8-15-13(18-12(9)19(2)3)16-10-4-6-11(7-5-10)17-14(20)21/h8,10-11,17H,4-7H2,1-3H3,(H,20,21)(H,15,16,18). The highest BCUT2D eigenvalue weighted by atomic mass is 16.4. The molecule has 2 rings (SSSR count). The van der Waals surface area contributed by atoms with Crippen LogP contribution in [0.3, 0.4) is 0 Å². The van der Waals surface area contributed by atoms with Crippen LogP contribution in [0, 0.1) is 6.92 Å². The Morgan fingerprint density at radius 1 is 1.29 bits per heavy atom. The van der Waals surface area contributed by atoms with Gasteiger partial charge in [0.2, 0.25) is 5.95 Å². The Morgan fingerprint density at radius 3 is 2.48 bits per heavy atom. The van der Waals surface area contributed by atoms with Gasteiger partial charge in [-0.25, -0.2) is 9.78 Å². The van der Waals surface area contributed by atoms with Crippen molar-refractivity contribution in [3.63, 3.8) is 0 Å². The van der Waals surface area contributed by atoms with Crippen LogP contribution < -0.4 is 15.5 Å². The molecule has 0 atom stereocenters. The van der Waals surface area contributed by atoms with Crippen molar-refractivity contribution in [2.45, 2.75) is 44.7 Å². The molecule has 0 saturated heterocycles. The predicted molar refractivity (Wildman–Crippen MR) is 81.9 cm³/mol. The van der Waals surface area contributed by atoms with Crippen LogP contribution in [0.2, 0.25) is 0 Å². The number of nitrogens with one attached hydrogen (secondary N) is 2. The Bertz CT molecular complexity index is 498. The van der Waals surface area contributed by atoms with Crippen molar-refractivity contribution in [1.82, 2.24) is 15.3 Å². The summed E-state index contributed by atoms with van der Waals surface area (Å²) in [5.74, 6) is 1.55. The summed E-state index contributed by atoms with van der Waals surface area (Å²) in [6.07, 6.45) is 4.40. The Labute approximate surface area is 124 Å². The fourth-order valence-electron chi connectivity index (χ4n) is 2.69. The van der Waals surface area contributed by atoms with E-state index in [1.54, 1.807) is 0 Å². The van der Waals surface area contributed by atoms with Crippen LogP contribution in [0.15, 0.2) is 6.20 Å². The first-order chi connectivity index (χ1) is 9.95. The molecule has 0 radical (unpaired) electrons. The number of anilines is 2. The average Bonchev–Trinajstić information content (AvgIpc) is 2.42. The molecule has 1 saturated carbocycles. The number of aromatic nitrogens is 2. The van der Waals surface area contributed by atoms with E-state index in [0.29, 0.717) is 12.0 Å². The molecule has 1 amide bonds. The van der Waals surface area contributed by atoms with Crippen LogP contribution in [-0.2, 0) is 0 Å². The van der Waals surface area contributed by atoms with Gasteiger partial charge in [-0.2, -0.15) is 4.98 Å². The topological polar surface area (TPSA) is 90.4 Å². The Balaban J connectivity index is 1.91. The van der Waals surface area contributed by atoms with Gasteiger partial charge in [-0.15, -0.1) is 0 Å². The molecule has 1 aliphatic carbocycles. The largest absolute Gasteiger partial charge is 0.465 e. The lowest BCUT2D eigenvalue weighted by atomic mass is 9.91. The van der Waals surface area contributed by atoms with Gasteiger partial charge in [-0.1, -0.05) is 0 Å². The fraction of sp³-hybridized carbons (Fsp3) is 0.643. The first-order valence-corrected chi connectivity index (χ1v) is 7.22. The third kappa shape index (κ3) is 4.21. The Kier molecular flexibility index (Phi) is 4.82. The maximum Gasteiger partial charge on any atom is 0.404 e. The number of nitrogens with zero attached hydrogens (tertiary/aromatic N) is 3. The van der Waals surface area contributed by atoms with Crippen LogP contribution in [0.4, 0.5) is 16.6 Å². The minimum absolute atomic E-state index is 0.0665. The molecule has 116 valence electrons. The quantitative estimate of drug-likeness (QED) is 0.785. The van der Waals surface area contributed by atoms with E-state index in [1.165, 1.54) is 0 Å². The zero-order chi connectivity index (χ0) is 15.4. The van der Waals surface area contributed by atoms with Crippen molar-refractivity contribution >= 4 is 17.9 Å². The molecule has 0 unspecified atom stereocenters. The molecule has 1 aromatic heterocycles. The summed E-state index contributed by atoms with van der Waals surface area (Å²) >= 11 is 0. The highest BCUT2D eigenvalue weighted by Gasteiger charge is 2.22. The van der Waals surface area contributed by atoms with Gasteiger partial charge < -0.3 is 20.6 Å². The van der Waals surface area contributed by atoms with E-state index < -0.39 is 6.09 Å². The highest BCUT2D eigenvalue weighted by Crippen LogP contribution is 2.22. The number of hydrogen-bond donors (Lipinski definition) is 3. The minimum atomic E-state index is -0.941. The zero-order valence-electron chi connectivity index (χ0n) is 12.8. The van der Waals surface area contributed by atoms with Crippen molar-refractivity contribution in [3.8, 4) is 0 Å². The van der Waals surface area contributed by atoms with Gasteiger partial charge in [0.05, 0.1) is 0 Å². The second-order valence-electron chi connectivity index (χ2n) is 5.74. The van der Waals surface area contributed by atoms with Crippen LogP contribution in [0.5, 0.6) is 0 Å². The normalized spacial score (nSPS) is 21.7. The SMILES string of the molecule is Cc1cnc(NC2CCC(NC(=O)O)CC2)nc1N(C)C. The van der Waals surface area contributed by atoms with E-state index in [2.05, 4.69) is 20.6 Å². The van der Waals surface area contributed by atoms with Crippen LogP contribution >= 0.6 is 0 Å². The van der Waals surface area contributed by atoms with Gasteiger partial charge in [0, 0.05) is 37.9 Å². The molecule has 1 fully saturated rings. The van der Waals surface area contributed by atoms with E-state index in [4.69, 9.17) is 5.11 Å². The van der Waals surface area contributed by atoms with Gasteiger partial charge in [-0.3, -0.25) is 0 Å². The van der Waals surface area contributed by atoms with Crippen molar-refractivity contribution in [2.24, 2.45) is 0 Å². The predicted octanol–water partition coefficient (Wildman–Crippen LogP) is 1.84. The summed E-state index contributed by atoms with van der Waals surface area (Å²) < 4.78 is 0. The summed E-state index contributed by atoms with van der Waals surface area (Å²) in [5.41, 5.74) is 1.04. The van der Waals surface area contributed by atoms with Crippen molar-refractivity contribution in [3.05, 3.63) is 11.8 Å². The van der Waals surface area contributed by atoms with E-state index in [-0.39, 0.29) is 6.04 Å². The summed E-state index contributed by atoms with van der Waals surface area (Å²) in [5, 5.41) is 14.6. The van der Waals surface area contributed by atoms with E-state index >= 15 is 0 Å². The molecule has 1 heterocycles. The molecule has 1 aromatic rings. The molecule has 0 aromatic carbocycles. The first kappa shape index (κ1) is 15.3. The number of carbonyl (C=O) groups is 1. The molecule has 1 aliphatic rings. The third-order valence-corrected chi connectivity index (χ3v) is 3.76. The Hall–Kier alpha value is -2.05. The lowest BCUT2D eigenvalue weighted by molar-refractivity contribution is 0.185. The lowest BCUT2D eigenvalue weighted by Gasteiger charge is -2.29. The fourth-order valence-corrected chi connectivity index (χ4v) is 2.69. The lowest BCUT2D eigenvalue weighted by Crippen LogP contribution is -2.39. The number of amides is 1. The van der Waals surface area contributed by atoms with Crippen LogP contribution in [0.1, 0.15) is 31.2 Å². The second-order valence-corrected chi connectivity index (χ2v) is 5.74. The Morgan fingerprint density at radius 2 is 1.90 bits per heavy atom. The maximum atomic E-state index is 10.6. The van der Waals surface area contributed by atoms with Gasteiger partial charge in [0.25, 0.3) is 0 Å². The number of rotatable bonds is 4. The molecule has 0 aliphatic heterocycles. The van der Waals surface area contributed by atoms with E-state index in [0.717, 1.165) is 37.1 Å². The molecule has 0 spiro atoms. The summed E-state index contributed by atoms with van der Waals surface area (Å²) in [6, 6.07) is 0.367. The number of carboxylic acid groups (broad SMARTS) is 1. The average molecular weight is 293 g/mol. The number of aryl methyl sites for hydroxylation is 1. The summed E-state index contributed by atoms with van der Waals surface area (Å²) in [7, 11) is 3.92. The summed E-state index contributed by atoms with van der Waals surface area (Å²) in [4.78, 5) is 21.4. The third-order valence-electron chi connectivity index (χ3n) is 3.76. The van der Waals surface area contributed by atoms with Gasteiger partial charge in [0.15, 0.2) is 0 Å². The highest BCUT2D eigenvalue weighted by molar-refractivity contribution is 5.64. The van der Waals surface area contributed by atoms with Crippen molar-refractivity contribution in [1.29, 1.82) is 0 Å². The minimum Gasteiger partial charge on any atom is -0.465 e. The zero-order valence-corrected chi connectivity index (χ0v) is 12.8. The second kappa shape index (κ2) is 6.60. The van der Waals surface area contributed by atoms with Gasteiger partial charge >= 0.3 is 6.09 Å². The first-order valence-electron chi connectivity index (χ1n) is 7.22. The molecule has 3 N–H and O–H groups in total. The van der Waals surface area contributed by atoms with Gasteiger partial charge in [0.1, 0.15) is 5.82 Å². The molecule has 7 heteroatoms. The van der Waals surface area contributed by atoms with Gasteiger partial charge in [-0.05, 0) is 32.6 Å². The van der Waals surface area contributed by atoms with E-state index in [9.17, 15) is 4.79 Å². The summed E-state index contributed by atoms with van der Waals surface area (Å²) in [6.45, 7) is 1.99. The molecule has 7 nitrogen and oxygen atoms in total. The maximum absolute atomic E-state index is 10.6. The molecular weight excluding hydrogens is 270 g/mol. The molecule has 0 bridgehead atoms. The van der Waals surface area contributed by atoms with Crippen LogP contribution in [-0.4, -0.2) is 47.3 Å².